The molecule has 3 heterocycles. The van der Waals surface area contributed by atoms with Crippen molar-refractivity contribution >= 4 is 16.7 Å². The third-order valence-electron chi connectivity index (χ3n) is 7.34. The molecule has 1 amide bonds. The van der Waals surface area contributed by atoms with Gasteiger partial charge < -0.3 is 23.5 Å². The number of hydrogen-bond acceptors (Lipinski definition) is 4. The lowest BCUT2D eigenvalue weighted by Crippen LogP contribution is -2.41. The molecule has 1 fully saturated rings. The van der Waals surface area contributed by atoms with Crippen molar-refractivity contribution in [3.63, 3.8) is 0 Å². The minimum Gasteiger partial charge on any atom is -0.494 e. The first-order valence-corrected chi connectivity index (χ1v) is 13.5. The molecule has 2 aromatic heterocycles. The van der Waals surface area contributed by atoms with Gasteiger partial charge in [-0.15, -0.1) is 0 Å². The summed E-state index contributed by atoms with van der Waals surface area (Å²) in [5, 5.41) is 2.27. The van der Waals surface area contributed by atoms with Crippen molar-refractivity contribution in [3.8, 4) is 22.7 Å². The molecule has 1 aliphatic rings. The van der Waals surface area contributed by atoms with Crippen molar-refractivity contribution in [1.29, 1.82) is 0 Å². The summed E-state index contributed by atoms with van der Waals surface area (Å²) in [5.41, 5.74) is 3.61. The van der Waals surface area contributed by atoms with E-state index >= 15 is 0 Å². The highest BCUT2D eigenvalue weighted by molar-refractivity contribution is 6.07. The van der Waals surface area contributed by atoms with E-state index in [2.05, 4.69) is 50.6 Å². The van der Waals surface area contributed by atoms with Gasteiger partial charge in [-0.1, -0.05) is 60.7 Å². The largest absolute Gasteiger partial charge is 0.494 e. The molecule has 6 rings (SSSR count). The fourth-order valence-corrected chi connectivity index (χ4v) is 5.33. The molecule has 3 aromatic carbocycles. The van der Waals surface area contributed by atoms with E-state index in [0.29, 0.717) is 32.9 Å². The predicted molar refractivity (Wildman–Crippen MR) is 153 cm³/mol. The second kappa shape index (κ2) is 11.2. The van der Waals surface area contributed by atoms with E-state index in [-0.39, 0.29) is 5.91 Å². The standard InChI is InChI=1S/C32H32N4O3/c1-24-31(32(37)34-16-19-38-20-17-34)29(28-14-7-10-25-9-5-6-13-27(25)28)22-36(24)30-21-33-23-35(30)15-8-18-39-26-11-3-2-4-12-26/h2-7,9-14,21-23H,8,15-20H2,1H3. The summed E-state index contributed by atoms with van der Waals surface area (Å²) in [6.07, 6.45) is 6.63. The van der Waals surface area contributed by atoms with E-state index in [1.54, 1.807) is 0 Å². The number of aryl methyl sites for hydroxylation is 1. The number of rotatable bonds is 8. The average molecular weight is 521 g/mol. The molecule has 7 nitrogen and oxygen atoms in total. The van der Waals surface area contributed by atoms with Gasteiger partial charge in [0.2, 0.25) is 0 Å². The van der Waals surface area contributed by atoms with Crippen molar-refractivity contribution in [2.24, 2.45) is 0 Å². The highest BCUT2D eigenvalue weighted by atomic mass is 16.5. The number of imidazole rings is 1. The maximum atomic E-state index is 14.0. The Hall–Kier alpha value is -4.36. The lowest BCUT2D eigenvalue weighted by molar-refractivity contribution is 0.0303. The molecule has 0 spiro atoms. The van der Waals surface area contributed by atoms with Gasteiger partial charge in [-0.3, -0.25) is 4.79 Å². The zero-order valence-corrected chi connectivity index (χ0v) is 22.1. The Morgan fingerprint density at radius 2 is 1.72 bits per heavy atom. The first-order chi connectivity index (χ1) is 19.2. The molecule has 0 saturated carbocycles. The number of nitrogens with zero attached hydrogens (tertiary/aromatic N) is 4. The predicted octanol–water partition coefficient (Wildman–Crippen LogP) is 5.74. The molecular formula is C32H32N4O3. The van der Waals surface area contributed by atoms with Gasteiger partial charge in [0.15, 0.2) is 0 Å². The smallest absolute Gasteiger partial charge is 0.256 e. The molecule has 198 valence electrons. The van der Waals surface area contributed by atoms with Crippen LogP contribution < -0.4 is 4.74 Å². The summed E-state index contributed by atoms with van der Waals surface area (Å²) in [6.45, 7) is 5.69. The van der Waals surface area contributed by atoms with Crippen LogP contribution in [0.1, 0.15) is 22.5 Å². The molecule has 5 aromatic rings. The van der Waals surface area contributed by atoms with Crippen LogP contribution in [-0.2, 0) is 11.3 Å². The summed E-state index contributed by atoms with van der Waals surface area (Å²) in [6, 6.07) is 24.5. The average Bonchev–Trinajstić information content (AvgIpc) is 3.59. The van der Waals surface area contributed by atoms with Crippen molar-refractivity contribution in [3.05, 3.63) is 103 Å². The van der Waals surface area contributed by atoms with Crippen LogP contribution in [-0.4, -0.2) is 57.8 Å². The zero-order valence-electron chi connectivity index (χ0n) is 22.1. The van der Waals surface area contributed by atoms with Crippen LogP contribution >= 0.6 is 0 Å². The number of morpholine rings is 1. The van der Waals surface area contributed by atoms with Gasteiger partial charge in [0, 0.05) is 37.1 Å². The summed E-state index contributed by atoms with van der Waals surface area (Å²) in [4.78, 5) is 20.4. The number of carbonyl (C=O) groups is 1. The summed E-state index contributed by atoms with van der Waals surface area (Å²) in [5.74, 6) is 1.84. The quantitative estimate of drug-likeness (QED) is 0.245. The molecule has 7 heteroatoms. The van der Waals surface area contributed by atoms with Gasteiger partial charge in [0.05, 0.1) is 37.9 Å². The second-order valence-corrected chi connectivity index (χ2v) is 9.76. The zero-order chi connectivity index (χ0) is 26.6. The summed E-state index contributed by atoms with van der Waals surface area (Å²) in [7, 11) is 0. The second-order valence-electron chi connectivity index (χ2n) is 9.76. The Bertz CT molecular complexity index is 1580. The molecule has 0 aliphatic carbocycles. The van der Waals surface area contributed by atoms with Crippen LogP contribution in [0.2, 0.25) is 0 Å². The Morgan fingerprint density at radius 1 is 0.949 bits per heavy atom. The maximum Gasteiger partial charge on any atom is 0.256 e. The molecule has 0 atom stereocenters. The SMILES string of the molecule is Cc1c(C(=O)N2CCOCC2)c(-c2cccc3ccccc23)cn1-c1cncn1CCCOc1ccccc1. The van der Waals surface area contributed by atoms with Gasteiger partial charge in [-0.25, -0.2) is 4.98 Å². The molecule has 1 saturated heterocycles. The number of aromatic nitrogens is 3. The fraction of sp³-hybridized carbons (Fsp3) is 0.250. The highest BCUT2D eigenvalue weighted by Crippen LogP contribution is 2.35. The molecule has 0 unspecified atom stereocenters. The van der Waals surface area contributed by atoms with Crippen LogP contribution in [0.15, 0.2) is 91.5 Å². The lowest BCUT2D eigenvalue weighted by atomic mass is 9.96. The number of para-hydroxylation sites is 1. The molecule has 0 N–H and O–H groups in total. The lowest BCUT2D eigenvalue weighted by Gasteiger charge is -2.27. The van der Waals surface area contributed by atoms with Crippen LogP contribution in [0.3, 0.4) is 0 Å². The first-order valence-electron chi connectivity index (χ1n) is 13.5. The normalized spacial score (nSPS) is 13.6. The minimum absolute atomic E-state index is 0.0415. The number of carbonyl (C=O) groups excluding carboxylic acids is 1. The van der Waals surface area contributed by atoms with Gasteiger partial charge >= 0.3 is 0 Å². The van der Waals surface area contributed by atoms with Gasteiger partial charge in [0.25, 0.3) is 5.91 Å². The van der Waals surface area contributed by atoms with E-state index in [0.717, 1.165) is 57.7 Å². The third-order valence-corrected chi connectivity index (χ3v) is 7.34. The Kier molecular flexibility index (Phi) is 7.15. The third kappa shape index (κ3) is 5.05. The number of fused-ring (bicyclic) bond motifs is 1. The van der Waals surface area contributed by atoms with Crippen LogP contribution in [0.4, 0.5) is 0 Å². The van der Waals surface area contributed by atoms with E-state index in [4.69, 9.17) is 9.47 Å². The summed E-state index contributed by atoms with van der Waals surface area (Å²) < 4.78 is 15.6. The number of hydrogen-bond donors (Lipinski definition) is 0. The van der Waals surface area contributed by atoms with Gasteiger partial charge in [0.1, 0.15) is 11.6 Å². The van der Waals surface area contributed by atoms with Crippen LogP contribution in [0.25, 0.3) is 27.7 Å². The number of ether oxygens (including phenoxy) is 2. The Morgan fingerprint density at radius 3 is 2.56 bits per heavy atom. The topological polar surface area (TPSA) is 61.5 Å². The molecule has 0 radical (unpaired) electrons. The minimum atomic E-state index is 0.0415. The van der Waals surface area contributed by atoms with Gasteiger partial charge in [-0.2, -0.15) is 0 Å². The Labute approximate surface area is 228 Å². The van der Waals surface area contributed by atoms with Crippen molar-refractivity contribution in [2.45, 2.75) is 19.9 Å². The van der Waals surface area contributed by atoms with Crippen molar-refractivity contribution in [1.82, 2.24) is 19.0 Å². The van der Waals surface area contributed by atoms with Crippen LogP contribution in [0.5, 0.6) is 5.75 Å². The van der Waals surface area contributed by atoms with E-state index in [9.17, 15) is 4.79 Å². The highest BCUT2D eigenvalue weighted by Gasteiger charge is 2.28. The van der Waals surface area contributed by atoms with Gasteiger partial charge in [-0.05, 0) is 41.8 Å². The van der Waals surface area contributed by atoms with E-state index in [1.807, 2.05) is 66.8 Å². The van der Waals surface area contributed by atoms with E-state index < -0.39 is 0 Å². The van der Waals surface area contributed by atoms with Crippen LogP contribution in [0, 0.1) is 6.92 Å². The fourth-order valence-electron chi connectivity index (χ4n) is 5.33. The summed E-state index contributed by atoms with van der Waals surface area (Å²) >= 11 is 0. The molecule has 39 heavy (non-hydrogen) atoms. The molecule has 1 aliphatic heterocycles. The monoisotopic (exact) mass is 520 g/mol. The Balaban J connectivity index is 1.36. The van der Waals surface area contributed by atoms with E-state index in [1.165, 1.54) is 0 Å². The number of benzene rings is 3. The molecule has 0 bridgehead atoms. The van der Waals surface area contributed by atoms with Crippen molar-refractivity contribution < 1.29 is 14.3 Å². The first kappa shape index (κ1) is 24.9. The maximum absolute atomic E-state index is 14.0. The molecular weight excluding hydrogens is 488 g/mol. The number of amides is 1. The van der Waals surface area contributed by atoms with Crippen molar-refractivity contribution in [2.75, 3.05) is 32.9 Å².